The highest BCUT2D eigenvalue weighted by atomic mass is 35.5. The predicted molar refractivity (Wildman–Crippen MR) is 87.9 cm³/mol. The van der Waals surface area contributed by atoms with Crippen LogP contribution in [0.25, 0.3) is 0 Å². The third-order valence-corrected chi connectivity index (χ3v) is 3.25. The largest absolute Gasteiger partial charge is 0.325 e. The Bertz CT molecular complexity index is 674. The Labute approximate surface area is 133 Å². The van der Waals surface area contributed by atoms with Crippen molar-refractivity contribution in [3.8, 4) is 0 Å². The van der Waals surface area contributed by atoms with Gasteiger partial charge in [-0.15, -0.1) is 0 Å². The monoisotopic (exact) mass is 317 g/mol. The minimum atomic E-state index is -0.316. The fraction of sp³-hybridized carbons (Fsp3) is 0.125. The summed E-state index contributed by atoms with van der Waals surface area (Å²) in [6.07, 6.45) is 0.247. The SMILES string of the molecule is NCC(=O)Nc1ccc(Cl)c(NC(=O)Cc2ccccc2)c1. The lowest BCUT2D eigenvalue weighted by molar-refractivity contribution is -0.116. The van der Waals surface area contributed by atoms with Crippen LogP contribution in [0.3, 0.4) is 0 Å². The summed E-state index contributed by atoms with van der Waals surface area (Å²) in [5.74, 6) is -0.501. The number of hydrogen-bond acceptors (Lipinski definition) is 3. The van der Waals surface area contributed by atoms with Gasteiger partial charge in [0.25, 0.3) is 0 Å². The molecule has 0 fully saturated rings. The predicted octanol–water partition coefficient (Wildman–Crippen LogP) is 2.42. The van der Waals surface area contributed by atoms with Crippen molar-refractivity contribution in [3.63, 3.8) is 0 Å². The number of hydrogen-bond donors (Lipinski definition) is 3. The Balaban J connectivity index is 2.06. The van der Waals surface area contributed by atoms with E-state index in [9.17, 15) is 9.59 Å². The summed E-state index contributed by atoms with van der Waals surface area (Å²) in [6.45, 7) is -0.113. The Hall–Kier alpha value is -2.37. The van der Waals surface area contributed by atoms with Crippen molar-refractivity contribution in [2.75, 3.05) is 17.2 Å². The molecule has 0 atom stereocenters. The summed E-state index contributed by atoms with van der Waals surface area (Å²) in [7, 11) is 0. The number of anilines is 2. The van der Waals surface area contributed by atoms with Crippen LogP contribution in [0.5, 0.6) is 0 Å². The number of halogens is 1. The molecule has 2 rings (SSSR count). The van der Waals surface area contributed by atoms with Crippen LogP contribution in [0.1, 0.15) is 5.56 Å². The summed E-state index contributed by atoms with van der Waals surface area (Å²) < 4.78 is 0. The van der Waals surface area contributed by atoms with Gasteiger partial charge in [0.15, 0.2) is 0 Å². The fourth-order valence-corrected chi connectivity index (χ4v) is 2.05. The van der Waals surface area contributed by atoms with E-state index in [2.05, 4.69) is 10.6 Å². The molecule has 5 nitrogen and oxygen atoms in total. The fourth-order valence-electron chi connectivity index (χ4n) is 1.89. The molecule has 22 heavy (non-hydrogen) atoms. The highest BCUT2D eigenvalue weighted by Crippen LogP contribution is 2.25. The topological polar surface area (TPSA) is 84.2 Å². The maximum Gasteiger partial charge on any atom is 0.238 e. The van der Waals surface area contributed by atoms with Gasteiger partial charge in [0, 0.05) is 5.69 Å². The van der Waals surface area contributed by atoms with E-state index in [0.717, 1.165) is 5.56 Å². The normalized spacial score (nSPS) is 10.1. The smallest absolute Gasteiger partial charge is 0.238 e. The molecular formula is C16H16ClN3O2. The van der Waals surface area contributed by atoms with Crippen molar-refractivity contribution < 1.29 is 9.59 Å². The van der Waals surface area contributed by atoms with Crippen LogP contribution in [0.4, 0.5) is 11.4 Å². The Morgan fingerprint density at radius 2 is 1.73 bits per heavy atom. The Morgan fingerprint density at radius 3 is 2.41 bits per heavy atom. The van der Waals surface area contributed by atoms with Gasteiger partial charge in [0.2, 0.25) is 11.8 Å². The quantitative estimate of drug-likeness (QED) is 0.791. The van der Waals surface area contributed by atoms with Crippen LogP contribution in [0.2, 0.25) is 5.02 Å². The van der Waals surface area contributed by atoms with Crippen molar-refractivity contribution in [1.82, 2.24) is 0 Å². The highest BCUT2D eigenvalue weighted by molar-refractivity contribution is 6.33. The van der Waals surface area contributed by atoms with Crippen molar-refractivity contribution >= 4 is 34.8 Å². The summed E-state index contributed by atoms with van der Waals surface area (Å²) in [4.78, 5) is 23.3. The molecule has 0 heterocycles. The molecule has 0 aliphatic carbocycles. The molecule has 0 saturated carbocycles. The summed E-state index contributed by atoms with van der Waals surface area (Å²) in [5, 5.41) is 5.74. The van der Waals surface area contributed by atoms with Gasteiger partial charge in [-0.3, -0.25) is 9.59 Å². The summed E-state index contributed by atoms with van der Waals surface area (Å²) >= 11 is 6.06. The highest BCUT2D eigenvalue weighted by Gasteiger charge is 2.09. The zero-order chi connectivity index (χ0) is 15.9. The molecule has 6 heteroatoms. The van der Waals surface area contributed by atoms with Gasteiger partial charge in [-0.05, 0) is 23.8 Å². The van der Waals surface area contributed by atoms with Gasteiger partial charge in [-0.1, -0.05) is 41.9 Å². The van der Waals surface area contributed by atoms with Gasteiger partial charge >= 0.3 is 0 Å². The van der Waals surface area contributed by atoms with Crippen molar-refractivity contribution in [1.29, 1.82) is 0 Å². The first-order chi connectivity index (χ1) is 10.6. The van der Waals surface area contributed by atoms with E-state index in [-0.39, 0.29) is 24.8 Å². The number of carbonyl (C=O) groups excluding carboxylic acids is 2. The van der Waals surface area contributed by atoms with Crippen LogP contribution >= 0.6 is 11.6 Å². The van der Waals surface area contributed by atoms with Crippen LogP contribution in [0.15, 0.2) is 48.5 Å². The number of rotatable bonds is 5. The molecule has 0 bridgehead atoms. The third kappa shape index (κ3) is 4.58. The summed E-state index contributed by atoms with van der Waals surface area (Å²) in [5.41, 5.74) is 7.12. The average molecular weight is 318 g/mol. The van der Waals surface area contributed by atoms with Crippen LogP contribution < -0.4 is 16.4 Å². The zero-order valence-corrected chi connectivity index (χ0v) is 12.6. The second kappa shape index (κ2) is 7.59. The minimum absolute atomic E-state index is 0.113. The minimum Gasteiger partial charge on any atom is -0.325 e. The van der Waals surface area contributed by atoms with Crippen LogP contribution in [-0.2, 0) is 16.0 Å². The van der Waals surface area contributed by atoms with E-state index in [0.29, 0.717) is 16.4 Å². The second-order valence-corrected chi connectivity index (χ2v) is 5.06. The first-order valence-corrected chi connectivity index (χ1v) is 7.09. The third-order valence-electron chi connectivity index (χ3n) is 2.92. The number of nitrogens with two attached hydrogens (primary N) is 1. The number of benzene rings is 2. The number of nitrogens with one attached hydrogen (secondary N) is 2. The molecule has 0 spiro atoms. The van der Waals surface area contributed by atoms with Gasteiger partial charge in [-0.25, -0.2) is 0 Å². The first-order valence-electron chi connectivity index (χ1n) is 6.71. The average Bonchev–Trinajstić information content (AvgIpc) is 2.51. The lowest BCUT2D eigenvalue weighted by atomic mass is 10.1. The molecule has 2 amide bonds. The van der Waals surface area contributed by atoms with E-state index in [1.54, 1.807) is 18.2 Å². The lowest BCUT2D eigenvalue weighted by Crippen LogP contribution is -2.22. The molecule has 4 N–H and O–H groups in total. The zero-order valence-electron chi connectivity index (χ0n) is 11.8. The standard InChI is InChI=1S/C16H16ClN3O2/c17-13-7-6-12(19-16(22)10-18)9-14(13)20-15(21)8-11-4-2-1-3-5-11/h1-7,9H,8,10,18H2,(H,19,22)(H,20,21). The molecule has 0 saturated heterocycles. The Kier molecular flexibility index (Phi) is 5.52. The Morgan fingerprint density at radius 1 is 1.00 bits per heavy atom. The number of carbonyl (C=O) groups is 2. The molecule has 0 radical (unpaired) electrons. The molecule has 114 valence electrons. The van der Waals surface area contributed by atoms with E-state index >= 15 is 0 Å². The first kappa shape index (κ1) is 16.0. The van der Waals surface area contributed by atoms with Gasteiger partial charge in [-0.2, -0.15) is 0 Å². The van der Waals surface area contributed by atoms with Gasteiger partial charge in [0.1, 0.15) is 0 Å². The van der Waals surface area contributed by atoms with Gasteiger partial charge in [0.05, 0.1) is 23.7 Å². The summed E-state index contributed by atoms with van der Waals surface area (Å²) in [6, 6.07) is 14.2. The van der Waals surface area contributed by atoms with Crippen LogP contribution in [0, 0.1) is 0 Å². The molecule has 2 aromatic carbocycles. The van der Waals surface area contributed by atoms with E-state index < -0.39 is 0 Å². The molecule has 2 aromatic rings. The maximum absolute atomic E-state index is 12.0. The molecule has 0 aliphatic rings. The second-order valence-electron chi connectivity index (χ2n) is 4.66. The maximum atomic E-state index is 12.0. The molecule has 0 unspecified atom stereocenters. The van der Waals surface area contributed by atoms with Gasteiger partial charge < -0.3 is 16.4 Å². The van der Waals surface area contributed by atoms with Crippen LogP contribution in [-0.4, -0.2) is 18.4 Å². The molecular weight excluding hydrogens is 302 g/mol. The molecule has 0 aliphatic heterocycles. The van der Waals surface area contributed by atoms with E-state index in [1.807, 2.05) is 30.3 Å². The molecule has 0 aromatic heterocycles. The van der Waals surface area contributed by atoms with Crippen molar-refractivity contribution in [2.24, 2.45) is 5.73 Å². The van der Waals surface area contributed by atoms with E-state index in [4.69, 9.17) is 17.3 Å². The van der Waals surface area contributed by atoms with Crippen molar-refractivity contribution in [3.05, 3.63) is 59.1 Å². The number of amides is 2. The van der Waals surface area contributed by atoms with Crippen molar-refractivity contribution in [2.45, 2.75) is 6.42 Å². The van der Waals surface area contributed by atoms with E-state index in [1.165, 1.54) is 0 Å². The lowest BCUT2D eigenvalue weighted by Gasteiger charge is -2.10.